The Morgan fingerprint density at radius 2 is 1.65 bits per heavy atom. The normalized spacial score (nSPS) is 32.2. The van der Waals surface area contributed by atoms with E-state index in [1.54, 1.807) is 12.1 Å². The second-order valence-corrected chi connectivity index (χ2v) is 6.65. The minimum absolute atomic E-state index is 0.238. The van der Waals surface area contributed by atoms with Crippen molar-refractivity contribution >= 4 is 0 Å². The smallest absolute Gasteiger partial charge is 0.129 e. The second-order valence-electron chi connectivity index (χ2n) is 6.65. The summed E-state index contributed by atoms with van der Waals surface area (Å²) in [6.45, 7) is 0. The second kappa shape index (κ2) is 5.85. The molecule has 2 fully saturated rings. The van der Waals surface area contributed by atoms with E-state index < -0.39 is 5.60 Å². The number of hydrogen-bond donors (Lipinski definition) is 1. The number of rotatable bonds is 2. The van der Waals surface area contributed by atoms with E-state index in [0.29, 0.717) is 11.5 Å². The molecule has 2 aliphatic rings. The molecule has 1 nitrogen and oxygen atoms in total. The largest absolute Gasteiger partial charge is 0.385 e. The molecule has 0 heterocycles. The van der Waals surface area contributed by atoms with Gasteiger partial charge in [0, 0.05) is 5.56 Å². The lowest BCUT2D eigenvalue weighted by Gasteiger charge is -2.45. The zero-order chi connectivity index (χ0) is 14.0. The highest BCUT2D eigenvalue weighted by Gasteiger charge is 2.45. The summed E-state index contributed by atoms with van der Waals surface area (Å²) in [5.74, 6) is 0.583. The first kappa shape index (κ1) is 14.1. The third-order valence-electron chi connectivity index (χ3n) is 5.50. The van der Waals surface area contributed by atoms with Gasteiger partial charge in [0.15, 0.2) is 0 Å². The van der Waals surface area contributed by atoms with E-state index in [9.17, 15) is 9.50 Å². The Balaban J connectivity index is 1.92. The summed E-state index contributed by atoms with van der Waals surface area (Å²) in [5.41, 5.74) is -0.402. The monoisotopic (exact) mass is 276 g/mol. The maximum Gasteiger partial charge on any atom is 0.129 e. The zero-order valence-electron chi connectivity index (χ0n) is 12.2. The third kappa shape index (κ3) is 2.50. The van der Waals surface area contributed by atoms with E-state index in [2.05, 4.69) is 0 Å². The fourth-order valence-electron chi connectivity index (χ4n) is 4.49. The van der Waals surface area contributed by atoms with Gasteiger partial charge in [-0.3, -0.25) is 0 Å². The Morgan fingerprint density at radius 3 is 2.40 bits per heavy atom. The summed E-state index contributed by atoms with van der Waals surface area (Å²) in [4.78, 5) is 0. The fourth-order valence-corrected chi connectivity index (χ4v) is 4.49. The van der Waals surface area contributed by atoms with Crippen molar-refractivity contribution < 1.29 is 9.50 Å². The first-order valence-electron chi connectivity index (χ1n) is 8.19. The number of benzene rings is 1. The van der Waals surface area contributed by atoms with Crippen LogP contribution in [0.15, 0.2) is 24.3 Å². The van der Waals surface area contributed by atoms with E-state index >= 15 is 0 Å². The van der Waals surface area contributed by atoms with Crippen LogP contribution in [0.1, 0.15) is 63.4 Å². The molecule has 2 aliphatic carbocycles. The van der Waals surface area contributed by atoms with E-state index in [1.165, 1.54) is 44.6 Å². The summed E-state index contributed by atoms with van der Waals surface area (Å²) in [6.07, 6.45) is 10.2. The topological polar surface area (TPSA) is 20.2 Å². The molecule has 2 atom stereocenters. The molecule has 0 saturated heterocycles. The lowest BCUT2D eigenvalue weighted by Crippen LogP contribution is -2.43. The van der Waals surface area contributed by atoms with Gasteiger partial charge in [-0.1, -0.05) is 63.1 Å². The summed E-state index contributed by atoms with van der Waals surface area (Å²) in [6, 6.07) is 6.83. The van der Waals surface area contributed by atoms with Crippen molar-refractivity contribution in [2.24, 2.45) is 11.8 Å². The van der Waals surface area contributed by atoms with Crippen molar-refractivity contribution in [1.82, 2.24) is 0 Å². The quantitative estimate of drug-likeness (QED) is 0.824. The van der Waals surface area contributed by atoms with Crippen LogP contribution < -0.4 is 0 Å². The molecular formula is C18H25FO. The lowest BCUT2D eigenvalue weighted by molar-refractivity contribution is -0.0856. The maximum atomic E-state index is 14.2. The van der Waals surface area contributed by atoms with Crippen molar-refractivity contribution in [3.05, 3.63) is 35.6 Å². The van der Waals surface area contributed by atoms with Gasteiger partial charge < -0.3 is 5.11 Å². The molecule has 1 N–H and O–H groups in total. The van der Waals surface area contributed by atoms with Crippen molar-refractivity contribution in [3.63, 3.8) is 0 Å². The molecule has 0 aromatic heterocycles. The molecule has 0 spiro atoms. The molecule has 0 bridgehead atoms. The van der Waals surface area contributed by atoms with Gasteiger partial charge in [-0.25, -0.2) is 4.39 Å². The van der Waals surface area contributed by atoms with Crippen LogP contribution in [-0.2, 0) is 5.60 Å². The number of halogens is 1. The van der Waals surface area contributed by atoms with Gasteiger partial charge in [0.05, 0.1) is 5.60 Å². The number of aliphatic hydroxyl groups is 1. The summed E-state index contributed by atoms with van der Waals surface area (Å²) in [7, 11) is 0. The molecule has 0 radical (unpaired) electrons. The van der Waals surface area contributed by atoms with Crippen molar-refractivity contribution in [1.29, 1.82) is 0 Å². The van der Waals surface area contributed by atoms with Crippen molar-refractivity contribution in [2.45, 2.75) is 63.4 Å². The average molecular weight is 276 g/mol. The van der Waals surface area contributed by atoms with Crippen LogP contribution in [0, 0.1) is 17.7 Å². The van der Waals surface area contributed by atoms with Crippen LogP contribution in [0.25, 0.3) is 0 Å². The Morgan fingerprint density at radius 1 is 0.950 bits per heavy atom. The van der Waals surface area contributed by atoms with E-state index in [4.69, 9.17) is 0 Å². The van der Waals surface area contributed by atoms with Gasteiger partial charge >= 0.3 is 0 Å². The molecular weight excluding hydrogens is 251 g/mol. The molecule has 20 heavy (non-hydrogen) atoms. The summed E-state index contributed by atoms with van der Waals surface area (Å²) >= 11 is 0. The van der Waals surface area contributed by atoms with E-state index in [1.807, 2.05) is 6.07 Å². The Bertz CT molecular complexity index is 452. The van der Waals surface area contributed by atoms with Crippen LogP contribution in [-0.4, -0.2) is 5.11 Å². The van der Waals surface area contributed by atoms with Crippen LogP contribution >= 0.6 is 0 Å². The Hall–Kier alpha value is -0.890. The first-order valence-corrected chi connectivity index (χ1v) is 8.19. The Kier molecular flexibility index (Phi) is 4.11. The first-order chi connectivity index (χ1) is 9.72. The van der Waals surface area contributed by atoms with Crippen LogP contribution in [0.5, 0.6) is 0 Å². The maximum absolute atomic E-state index is 14.2. The highest BCUT2D eigenvalue weighted by atomic mass is 19.1. The molecule has 1 aromatic carbocycles. The third-order valence-corrected chi connectivity index (χ3v) is 5.50. The van der Waals surface area contributed by atoms with Crippen LogP contribution in [0.4, 0.5) is 4.39 Å². The van der Waals surface area contributed by atoms with Gasteiger partial charge in [0.2, 0.25) is 0 Å². The van der Waals surface area contributed by atoms with Crippen LogP contribution in [0.2, 0.25) is 0 Å². The van der Waals surface area contributed by atoms with Crippen molar-refractivity contribution in [2.75, 3.05) is 0 Å². The van der Waals surface area contributed by atoms with E-state index in [0.717, 1.165) is 19.3 Å². The standard InChI is InChI=1S/C18H25FO/c19-17-12-5-4-11-16(17)18(20)13-7-6-10-15(18)14-8-2-1-3-9-14/h4-5,11-12,14-15,20H,1-3,6-10,13H2. The van der Waals surface area contributed by atoms with Gasteiger partial charge in [-0.2, -0.15) is 0 Å². The number of hydrogen-bond acceptors (Lipinski definition) is 1. The van der Waals surface area contributed by atoms with Gasteiger partial charge in [0.25, 0.3) is 0 Å². The van der Waals surface area contributed by atoms with E-state index in [-0.39, 0.29) is 11.7 Å². The summed E-state index contributed by atoms with van der Waals surface area (Å²) < 4.78 is 14.2. The molecule has 3 rings (SSSR count). The fraction of sp³-hybridized carbons (Fsp3) is 0.667. The van der Waals surface area contributed by atoms with Crippen LogP contribution in [0.3, 0.4) is 0 Å². The molecule has 2 saturated carbocycles. The van der Waals surface area contributed by atoms with Crippen molar-refractivity contribution in [3.8, 4) is 0 Å². The SMILES string of the molecule is OC1(c2ccccc2F)CCCCC1C1CCCCC1. The molecule has 0 aliphatic heterocycles. The van der Waals surface area contributed by atoms with Gasteiger partial charge in [-0.15, -0.1) is 0 Å². The molecule has 0 amide bonds. The lowest BCUT2D eigenvalue weighted by atomic mass is 9.63. The molecule has 1 aromatic rings. The Labute approximate surface area is 121 Å². The average Bonchev–Trinajstić information content (AvgIpc) is 2.49. The predicted octanol–water partition coefficient (Wildman–Crippen LogP) is 4.78. The zero-order valence-corrected chi connectivity index (χ0v) is 12.2. The predicted molar refractivity (Wildman–Crippen MR) is 78.8 cm³/mol. The highest BCUT2D eigenvalue weighted by Crippen LogP contribution is 2.49. The minimum Gasteiger partial charge on any atom is -0.385 e. The van der Waals surface area contributed by atoms with Gasteiger partial charge in [-0.05, 0) is 30.7 Å². The molecule has 2 heteroatoms. The molecule has 2 unspecified atom stereocenters. The molecule has 110 valence electrons. The highest BCUT2D eigenvalue weighted by molar-refractivity contribution is 5.26. The minimum atomic E-state index is -0.939. The van der Waals surface area contributed by atoms with Gasteiger partial charge in [0.1, 0.15) is 5.82 Å². The summed E-state index contributed by atoms with van der Waals surface area (Å²) in [5, 5.41) is 11.3.